The van der Waals surface area contributed by atoms with Crippen LogP contribution in [-0.4, -0.2) is 26.1 Å². The van der Waals surface area contributed by atoms with Crippen LogP contribution in [0.1, 0.15) is 35.9 Å². The van der Waals surface area contributed by atoms with Crippen LogP contribution in [0.2, 0.25) is 0 Å². The molecule has 0 amide bonds. The molecule has 7 nitrogen and oxygen atoms in total. The SMILES string of the molecule is CCCOc1c[nH]c(Cn2c(-c3ccncc3)nc3sc4c(c3c2=O)CCC4)cc1=O. The van der Waals surface area contributed by atoms with Gasteiger partial charge < -0.3 is 9.72 Å². The Bertz CT molecular complexity index is 1370. The molecule has 5 rings (SSSR count). The number of hydrogen-bond donors (Lipinski definition) is 1. The van der Waals surface area contributed by atoms with E-state index < -0.39 is 0 Å². The second-order valence-electron chi connectivity index (χ2n) is 7.64. The summed E-state index contributed by atoms with van der Waals surface area (Å²) in [7, 11) is 0. The summed E-state index contributed by atoms with van der Waals surface area (Å²) < 4.78 is 7.13. The molecule has 0 atom stereocenters. The minimum atomic E-state index is -0.203. The number of rotatable bonds is 6. The van der Waals surface area contributed by atoms with Gasteiger partial charge in [0.1, 0.15) is 10.7 Å². The average Bonchev–Trinajstić information content (AvgIpc) is 3.36. The van der Waals surface area contributed by atoms with Crippen LogP contribution in [0.5, 0.6) is 5.75 Å². The third kappa shape index (κ3) is 3.57. The molecule has 0 aromatic carbocycles. The Morgan fingerprint density at radius 2 is 2.06 bits per heavy atom. The molecule has 1 N–H and O–H groups in total. The Kier molecular flexibility index (Phi) is 5.15. The lowest BCUT2D eigenvalue weighted by atomic mass is 10.2. The number of thiophene rings is 1. The molecular weight excluding hydrogens is 412 g/mol. The number of nitrogens with one attached hydrogen (secondary N) is 1. The maximum atomic E-state index is 13.6. The van der Waals surface area contributed by atoms with Crippen LogP contribution in [0, 0.1) is 0 Å². The van der Waals surface area contributed by atoms with E-state index in [2.05, 4.69) is 9.97 Å². The fraction of sp³-hybridized carbons (Fsp3) is 0.304. The summed E-state index contributed by atoms with van der Waals surface area (Å²) in [6.45, 7) is 2.69. The van der Waals surface area contributed by atoms with E-state index in [9.17, 15) is 9.59 Å². The molecule has 31 heavy (non-hydrogen) atoms. The third-order valence-corrected chi connectivity index (χ3v) is 6.68. The molecule has 0 saturated carbocycles. The molecule has 158 valence electrons. The smallest absolute Gasteiger partial charge is 0.263 e. The minimum Gasteiger partial charge on any atom is -0.488 e. The first-order chi connectivity index (χ1) is 15.2. The van der Waals surface area contributed by atoms with Gasteiger partial charge in [-0.15, -0.1) is 11.3 Å². The van der Waals surface area contributed by atoms with Gasteiger partial charge in [0, 0.05) is 40.8 Å². The number of H-pyrrole nitrogens is 1. The predicted octanol–water partition coefficient (Wildman–Crippen LogP) is 3.53. The number of hydrogen-bond acceptors (Lipinski definition) is 6. The molecular formula is C23H22N4O3S. The van der Waals surface area contributed by atoms with Gasteiger partial charge in [-0.3, -0.25) is 19.1 Å². The van der Waals surface area contributed by atoms with Crippen LogP contribution in [0.4, 0.5) is 0 Å². The van der Waals surface area contributed by atoms with Crippen LogP contribution in [0.3, 0.4) is 0 Å². The van der Waals surface area contributed by atoms with Crippen molar-refractivity contribution in [2.24, 2.45) is 0 Å². The molecule has 0 spiro atoms. The van der Waals surface area contributed by atoms with E-state index >= 15 is 0 Å². The van der Waals surface area contributed by atoms with Crippen molar-refractivity contribution in [3.05, 3.63) is 73.5 Å². The molecule has 0 aliphatic heterocycles. The highest BCUT2D eigenvalue weighted by atomic mass is 32.1. The summed E-state index contributed by atoms with van der Waals surface area (Å²) in [6, 6.07) is 5.18. The minimum absolute atomic E-state index is 0.0663. The number of pyridine rings is 2. The van der Waals surface area contributed by atoms with Gasteiger partial charge in [-0.1, -0.05) is 6.92 Å². The maximum absolute atomic E-state index is 13.6. The summed E-state index contributed by atoms with van der Waals surface area (Å²) in [5.41, 5.74) is 2.31. The van der Waals surface area contributed by atoms with E-state index in [1.165, 1.54) is 10.9 Å². The van der Waals surface area contributed by atoms with Gasteiger partial charge in [0.2, 0.25) is 5.43 Å². The molecule has 4 heterocycles. The van der Waals surface area contributed by atoms with Crippen LogP contribution < -0.4 is 15.7 Å². The number of aromatic amines is 1. The lowest BCUT2D eigenvalue weighted by Crippen LogP contribution is -2.25. The highest BCUT2D eigenvalue weighted by molar-refractivity contribution is 7.18. The van der Waals surface area contributed by atoms with Gasteiger partial charge in [-0.2, -0.15) is 0 Å². The number of fused-ring (bicyclic) bond motifs is 3. The third-order valence-electron chi connectivity index (χ3n) is 5.49. The van der Waals surface area contributed by atoms with E-state index in [1.54, 1.807) is 34.5 Å². The predicted molar refractivity (Wildman–Crippen MR) is 121 cm³/mol. The second-order valence-corrected chi connectivity index (χ2v) is 8.72. The van der Waals surface area contributed by atoms with Crippen molar-refractivity contribution in [3.63, 3.8) is 0 Å². The summed E-state index contributed by atoms with van der Waals surface area (Å²) in [4.78, 5) is 40.2. The Morgan fingerprint density at radius 3 is 2.84 bits per heavy atom. The van der Waals surface area contributed by atoms with E-state index in [1.807, 2.05) is 19.1 Å². The summed E-state index contributed by atoms with van der Waals surface area (Å²) in [5.74, 6) is 0.864. The van der Waals surface area contributed by atoms with Crippen LogP contribution >= 0.6 is 11.3 Å². The Labute approximate surface area is 182 Å². The fourth-order valence-electron chi connectivity index (χ4n) is 4.03. The van der Waals surface area contributed by atoms with Crippen molar-refractivity contribution < 1.29 is 4.74 Å². The molecule has 8 heteroatoms. The summed E-state index contributed by atoms with van der Waals surface area (Å²) in [6.07, 6.45) is 8.77. The van der Waals surface area contributed by atoms with Crippen molar-refractivity contribution in [3.8, 4) is 17.1 Å². The Balaban J connectivity index is 1.65. The highest BCUT2D eigenvalue weighted by Gasteiger charge is 2.24. The van der Waals surface area contributed by atoms with Crippen molar-refractivity contribution in [2.75, 3.05) is 6.61 Å². The lowest BCUT2D eigenvalue weighted by Gasteiger charge is -2.13. The number of aromatic nitrogens is 4. The molecule has 1 aliphatic rings. The molecule has 4 aromatic rings. The van der Waals surface area contributed by atoms with Crippen molar-refractivity contribution >= 4 is 21.6 Å². The first-order valence-electron chi connectivity index (χ1n) is 10.5. The largest absolute Gasteiger partial charge is 0.488 e. The van der Waals surface area contributed by atoms with E-state index in [0.29, 0.717) is 18.1 Å². The van der Waals surface area contributed by atoms with Gasteiger partial charge in [0.25, 0.3) is 5.56 Å². The molecule has 0 bridgehead atoms. The summed E-state index contributed by atoms with van der Waals surface area (Å²) in [5, 5.41) is 0.723. The zero-order chi connectivity index (χ0) is 21.4. The second kappa shape index (κ2) is 8.11. The topological polar surface area (TPSA) is 89.9 Å². The molecule has 4 aromatic heterocycles. The molecule has 1 aliphatic carbocycles. The van der Waals surface area contributed by atoms with E-state index in [0.717, 1.165) is 47.0 Å². The van der Waals surface area contributed by atoms with E-state index in [4.69, 9.17) is 9.72 Å². The standard InChI is InChI=1S/C23H22N4O3S/c1-2-10-30-18-12-25-15(11-17(18)28)13-27-21(14-6-8-24-9-7-14)26-22-20(23(27)29)16-4-3-5-19(16)31-22/h6-9,11-12H,2-5,10,13H2,1H3,(H,25,28). The van der Waals surface area contributed by atoms with Gasteiger partial charge >= 0.3 is 0 Å². The number of nitrogens with zero attached hydrogens (tertiary/aromatic N) is 3. The first kappa shape index (κ1) is 19.7. The van der Waals surface area contributed by atoms with E-state index in [-0.39, 0.29) is 23.3 Å². The quantitative estimate of drug-likeness (QED) is 0.501. The Hall–Kier alpha value is -3.26. The van der Waals surface area contributed by atoms with Crippen molar-refractivity contribution in [1.29, 1.82) is 0 Å². The van der Waals surface area contributed by atoms with Crippen molar-refractivity contribution in [2.45, 2.75) is 39.2 Å². The molecule has 0 fully saturated rings. The van der Waals surface area contributed by atoms with Crippen LogP contribution in [-0.2, 0) is 19.4 Å². The van der Waals surface area contributed by atoms with Gasteiger partial charge in [-0.25, -0.2) is 4.98 Å². The monoisotopic (exact) mass is 434 g/mol. The van der Waals surface area contributed by atoms with Gasteiger partial charge in [0.05, 0.1) is 18.5 Å². The van der Waals surface area contributed by atoms with Crippen LogP contribution in [0.15, 0.2) is 46.4 Å². The lowest BCUT2D eigenvalue weighted by molar-refractivity contribution is 0.313. The van der Waals surface area contributed by atoms with Gasteiger partial charge in [0.15, 0.2) is 5.75 Å². The summed E-state index contributed by atoms with van der Waals surface area (Å²) >= 11 is 1.62. The maximum Gasteiger partial charge on any atom is 0.263 e. The highest BCUT2D eigenvalue weighted by Crippen LogP contribution is 2.35. The molecule has 0 saturated heterocycles. The zero-order valence-corrected chi connectivity index (χ0v) is 18.0. The fourth-order valence-corrected chi connectivity index (χ4v) is 5.28. The Morgan fingerprint density at radius 1 is 1.23 bits per heavy atom. The van der Waals surface area contributed by atoms with Crippen molar-refractivity contribution in [1.82, 2.24) is 19.5 Å². The number of ether oxygens (including phenoxy) is 1. The average molecular weight is 435 g/mol. The molecule has 0 radical (unpaired) electrons. The van der Waals surface area contributed by atoms with Crippen LogP contribution in [0.25, 0.3) is 21.6 Å². The zero-order valence-electron chi connectivity index (χ0n) is 17.2. The normalized spacial score (nSPS) is 12.9. The number of aryl methyl sites for hydroxylation is 2. The first-order valence-corrected chi connectivity index (χ1v) is 11.3. The molecule has 0 unspecified atom stereocenters. The van der Waals surface area contributed by atoms with Gasteiger partial charge in [-0.05, 0) is 43.4 Å².